The Hall–Kier alpha value is -1.58. The molecule has 1 aliphatic rings. The number of aryl methyl sites for hydroxylation is 2. The summed E-state index contributed by atoms with van der Waals surface area (Å²) in [5, 5.41) is 2.37. The van der Waals surface area contributed by atoms with E-state index < -0.39 is 5.79 Å². The third-order valence-corrected chi connectivity index (χ3v) is 3.80. The van der Waals surface area contributed by atoms with Crippen LogP contribution in [0.2, 0.25) is 0 Å². The largest absolute Gasteiger partial charge is 0.487 e. The fourth-order valence-corrected chi connectivity index (χ4v) is 2.63. The summed E-state index contributed by atoms with van der Waals surface area (Å²) in [6, 6.07) is 10.5. The van der Waals surface area contributed by atoms with Gasteiger partial charge in [0.15, 0.2) is 5.79 Å². The summed E-state index contributed by atoms with van der Waals surface area (Å²) < 4.78 is 17.2. The minimum Gasteiger partial charge on any atom is -0.487 e. The molecule has 0 aliphatic carbocycles. The van der Waals surface area contributed by atoms with Crippen LogP contribution in [0.3, 0.4) is 0 Å². The lowest BCUT2D eigenvalue weighted by atomic mass is 10.0. The van der Waals surface area contributed by atoms with Gasteiger partial charge in [0, 0.05) is 5.39 Å². The van der Waals surface area contributed by atoms with E-state index in [1.54, 1.807) is 0 Å². The molecular weight excluding hydrogens is 252 g/mol. The lowest BCUT2D eigenvalue weighted by molar-refractivity contribution is -0.162. The molecule has 0 atom stereocenters. The molecule has 0 radical (unpaired) electrons. The topological polar surface area (TPSA) is 27.7 Å². The van der Waals surface area contributed by atoms with Crippen LogP contribution in [0, 0.1) is 13.8 Å². The van der Waals surface area contributed by atoms with Gasteiger partial charge in [-0.15, -0.1) is 0 Å². The monoisotopic (exact) mass is 272 g/mol. The van der Waals surface area contributed by atoms with Crippen molar-refractivity contribution in [3.05, 3.63) is 41.5 Å². The smallest absolute Gasteiger partial charge is 0.200 e. The van der Waals surface area contributed by atoms with Crippen molar-refractivity contribution in [1.82, 2.24) is 0 Å². The van der Waals surface area contributed by atoms with Crippen molar-refractivity contribution in [3.63, 3.8) is 0 Å². The van der Waals surface area contributed by atoms with Crippen LogP contribution in [-0.4, -0.2) is 25.6 Å². The van der Waals surface area contributed by atoms with E-state index in [0.717, 1.165) is 16.7 Å². The van der Waals surface area contributed by atoms with Crippen LogP contribution in [-0.2, 0) is 9.47 Å². The van der Waals surface area contributed by atoms with E-state index in [1.165, 1.54) is 10.9 Å². The molecule has 0 aromatic heterocycles. The minimum atomic E-state index is -0.627. The van der Waals surface area contributed by atoms with Crippen LogP contribution in [0.25, 0.3) is 10.8 Å². The van der Waals surface area contributed by atoms with Crippen molar-refractivity contribution >= 4 is 10.8 Å². The van der Waals surface area contributed by atoms with Crippen molar-refractivity contribution in [2.45, 2.75) is 26.6 Å². The second-order valence-corrected chi connectivity index (χ2v) is 5.50. The first kappa shape index (κ1) is 13.4. The SMILES string of the molecule is Cc1ccc2c(C)cccc2c1OCC1(C)OCCO1. The third kappa shape index (κ3) is 2.39. The Bertz CT molecular complexity index is 627. The predicted molar refractivity (Wildman–Crippen MR) is 79.2 cm³/mol. The van der Waals surface area contributed by atoms with Gasteiger partial charge in [0.25, 0.3) is 0 Å². The summed E-state index contributed by atoms with van der Waals surface area (Å²) in [7, 11) is 0. The molecule has 0 saturated carbocycles. The van der Waals surface area contributed by atoms with Gasteiger partial charge >= 0.3 is 0 Å². The quantitative estimate of drug-likeness (QED) is 0.854. The van der Waals surface area contributed by atoms with E-state index in [-0.39, 0.29) is 0 Å². The Labute approximate surface area is 119 Å². The number of ether oxygens (including phenoxy) is 3. The molecule has 2 aromatic carbocycles. The fourth-order valence-electron chi connectivity index (χ4n) is 2.63. The Balaban J connectivity index is 1.94. The predicted octanol–water partition coefficient (Wildman–Crippen LogP) is 3.60. The van der Waals surface area contributed by atoms with Crippen molar-refractivity contribution < 1.29 is 14.2 Å². The third-order valence-electron chi connectivity index (χ3n) is 3.80. The van der Waals surface area contributed by atoms with Crippen molar-refractivity contribution in [3.8, 4) is 5.75 Å². The maximum Gasteiger partial charge on any atom is 0.200 e. The van der Waals surface area contributed by atoms with E-state index >= 15 is 0 Å². The van der Waals surface area contributed by atoms with Gasteiger partial charge in [-0.05, 0) is 37.3 Å². The van der Waals surface area contributed by atoms with Gasteiger partial charge in [0.1, 0.15) is 12.4 Å². The van der Waals surface area contributed by atoms with E-state index in [1.807, 2.05) is 6.92 Å². The lowest BCUT2D eigenvalue weighted by Crippen LogP contribution is -2.33. The van der Waals surface area contributed by atoms with Crippen LogP contribution < -0.4 is 4.74 Å². The van der Waals surface area contributed by atoms with Gasteiger partial charge in [-0.2, -0.15) is 0 Å². The first-order chi connectivity index (χ1) is 9.59. The summed E-state index contributed by atoms with van der Waals surface area (Å²) in [5.41, 5.74) is 2.39. The van der Waals surface area contributed by atoms with E-state index in [9.17, 15) is 0 Å². The average Bonchev–Trinajstić information content (AvgIpc) is 2.85. The molecule has 106 valence electrons. The second kappa shape index (κ2) is 5.08. The highest BCUT2D eigenvalue weighted by Gasteiger charge is 2.32. The van der Waals surface area contributed by atoms with E-state index in [0.29, 0.717) is 19.8 Å². The van der Waals surface area contributed by atoms with E-state index in [4.69, 9.17) is 14.2 Å². The molecule has 0 amide bonds. The molecule has 2 aromatic rings. The molecule has 1 saturated heterocycles. The summed E-state index contributed by atoms with van der Waals surface area (Å²) in [4.78, 5) is 0. The Kier molecular flexibility index (Phi) is 3.40. The van der Waals surface area contributed by atoms with Crippen molar-refractivity contribution in [2.75, 3.05) is 19.8 Å². The van der Waals surface area contributed by atoms with Crippen molar-refractivity contribution in [2.24, 2.45) is 0 Å². The Morgan fingerprint density at radius 3 is 2.50 bits per heavy atom. The maximum absolute atomic E-state index is 6.04. The average molecular weight is 272 g/mol. The lowest BCUT2D eigenvalue weighted by Gasteiger charge is -2.23. The van der Waals surface area contributed by atoms with Crippen LogP contribution >= 0.6 is 0 Å². The molecule has 1 heterocycles. The molecule has 0 spiro atoms. The highest BCUT2D eigenvalue weighted by Crippen LogP contribution is 2.32. The fraction of sp³-hybridized carbons (Fsp3) is 0.412. The number of hydrogen-bond acceptors (Lipinski definition) is 3. The first-order valence-corrected chi connectivity index (χ1v) is 6.99. The second-order valence-electron chi connectivity index (χ2n) is 5.50. The van der Waals surface area contributed by atoms with Gasteiger partial charge < -0.3 is 14.2 Å². The number of hydrogen-bond donors (Lipinski definition) is 0. The molecule has 3 heteroatoms. The highest BCUT2D eigenvalue weighted by molar-refractivity contribution is 5.91. The molecule has 3 nitrogen and oxygen atoms in total. The maximum atomic E-state index is 6.04. The van der Waals surface area contributed by atoms with Gasteiger partial charge in [0.05, 0.1) is 13.2 Å². The van der Waals surface area contributed by atoms with Crippen LogP contribution in [0.5, 0.6) is 5.75 Å². The normalized spacial score (nSPS) is 17.6. The highest BCUT2D eigenvalue weighted by atomic mass is 16.7. The zero-order valence-electron chi connectivity index (χ0n) is 12.2. The summed E-state index contributed by atoms with van der Waals surface area (Å²) in [6.07, 6.45) is 0. The molecule has 1 fully saturated rings. The standard InChI is InChI=1S/C17H20O3/c1-12-5-4-6-15-14(12)8-7-13(2)16(15)18-11-17(3)19-9-10-20-17/h4-8H,9-11H2,1-3H3. The summed E-state index contributed by atoms with van der Waals surface area (Å²) >= 11 is 0. The Morgan fingerprint density at radius 1 is 1.00 bits per heavy atom. The summed E-state index contributed by atoms with van der Waals surface area (Å²) in [5.74, 6) is 0.296. The molecule has 0 bridgehead atoms. The number of fused-ring (bicyclic) bond motifs is 1. The molecule has 20 heavy (non-hydrogen) atoms. The molecule has 1 aliphatic heterocycles. The van der Waals surface area contributed by atoms with Crippen LogP contribution in [0.15, 0.2) is 30.3 Å². The molecular formula is C17H20O3. The van der Waals surface area contributed by atoms with Gasteiger partial charge in [-0.3, -0.25) is 0 Å². The first-order valence-electron chi connectivity index (χ1n) is 6.99. The zero-order valence-corrected chi connectivity index (χ0v) is 12.2. The Morgan fingerprint density at radius 2 is 1.75 bits per heavy atom. The minimum absolute atomic E-state index is 0.404. The van der Waals surface area contributed by atoms with Crippen LogP contribution in [0.4, 0.5) is 0 Å². The molecule has 3 rings (SSSR count). The summed E-state index contributed by atoms with van der Waals surface area (Å²) in [6.45, 7) is 7.77. The molecule has 0 unspecified atom stereocenters. The van der Waals surface area contributed by atoms with Crippen molar-refractivity contribution in [1.29, 1.82) is 0 Å². The van der Waals surface area contributed by atoms with E-state index in [2.05, 4.69) is 44.2 Å². The van der Waals surface area contributed by atoms with Gasteiger partial charge in [0.2, 0.25) is 0 Å². The van der Waals surface area contributed by atoms with Gasteiger partial charge in [-0.1, -0.05) is 30.3 Å². The van der Waals surface area contributed by atoms with Gasteiger partial charge in [-0.25, -0.2) is 0 Å². The zero-order chi connectivity index (χ0) is 14.2. The number of rotatable bonds is 3. The number of benzene rings is 2. The van der Waals surface area contributed by atoms with Crippen LogP contribution in [0.1, 0.15) is 18.1 Å². The molecule has 0 N–H and O–H groups in total.